The van der Waals surface area contributed by atoms with E-state index in [1.54, 1.807) is 0 Å². The Balaban J connectivity index is 3.13. The SMILES string of the molecule is C#Cc1ccc(F)cc1/C=C/[N+](=O)[O-]. The second kappa shape index (κ2) is 4.19. The van der Waals surface area contributed by atoms with Crippen molar-refractivity contribution < 1.29 is 9.31 Å². The molecule has 0 aliphatic carbocycles. The summed E-state index contributed by atoms with van der Waals surface area (Å²) in [6.07, 6.45) is 7.01. The molecule has 0 fully saturated rings. The van der Waals surface area contributed by atoms with E-state index >= 15 is 0 Å². The molecular weight excluding hydrogens is 185 g/mol. The fourth-order valence-corrected chi connectivity index (χ4v) is 0.944. The lowest BCUT2D eigenvalue weighted by Crippen LogP contribution is -1.87. The molecule has 0 N–H and O–H groups in total. The lowest BCUT2D eigenvalue weighted by Gasteiger charge is -1.96. The maximum atomic E-state index is 12.7. The summed E-state index contributed by atoms with van der Waals surface area (Å²) >= 11 is 0. The van der Waals surface area contributed by atoms with E-state index in [9.17, 15) is 14.5 Å². The first-order valence-electron chi connectivity index (χ1n) is 3.71. The van der Waals surface area contributed by atoms with Crippen LogP contribution in [0.5, 0.6) is 0 Å². The molecule has 70 valence electrons. The molecule has 0 atom stereocenters. The molecule has 1 aromatic rings. The minimum absolute atomic E-state index is 0.323. The Morgan fingerprint density at radius 1 is 1.57 bits per heavy atom. The summed E-state index contributed by atoms with van der Waals surface area (Å²) in [6.45, 7) is 0. The maximum absolute atomic E-state index is 12.7. The van der Waals surface area contributed by atoms with E-state index in [0.29, 0.717) is 11.1 Å². The number of nitrogens with zero attached hydrogens (tertiary/aromatic N) is 1. The van der Waals surface area contributed by atoms with Crippen LogP contribution in [0.15, 0.2) is 24.4 Å². The van der Waals surface area contributed by atoms with Crippen LogP contribution in [-0.4, -0.2) is 4.92 Å². The molecular formula is C10H6FNO2. The van der Waals surface area contributed by atoms with Crippen molar-refractivity contribution in [2.24, 2.45) is 0 Å². The topological polar surface area (TPSA) is 43.1 Å². The van der Waals surface area contributed by atoms with Gasteiger partial charge in [0.2, 0.25) is 6.20 Å². The highest BCUT2D eigenvalue weighted by Gasteiger charge is 1.99. The quantitative estimate of drug-likeness (QED) is 0.408. The van der Waals surface area contributed by atoms with Crippen molar-refractivity contribution in [3.63, 3.8) is 0 Å². The lowest BCUT2D eigenvalue weighted by atomic mass is 10.1. The monoisotopic (exact) mass is 191 g/mol. The van der Waals surface area contributed by atoms with Gasteiger partial charge in [-0.05, 0) is 23.8 Å². The van der Waals surface area contributed by atoms with Crippen LogP contribution in [-0.2, 0) is 0 Å². The molecule has 0 aromatic heterocycles. The van der Waals surface area contributed by atoms with Gasteiger partial charge in [-0.3, -0.25) is 10.1 Å². The average molecular weight is 191 g/mol. The van der Waals surface area contributed by atoms with E-state index in [2.05, 4.69) is 5.92 Å². The number of hydrogen-bond acceptors (Lipinski definition) is 2. The minimum atomic E-state index is -0.634. The summed E-state index contributed by atoms with van der Waals surface area (Å²) in [6, 6.07) is 3.75. The second-order valence-corrected chi connectivity index (χ2v) is 2.48. The first kappa shape index (κ1) is 9.93. The van der Waals surface area contributed by atoms with Gasteiger partial charge in [0.15, 0.2) is 0 Å². The third kappa shape index (κ3) is 2.42. The molecule has 0 aliphatic heterocycles. The molecule has 1 aromatic carbocycles. The Kier molecular flexibility index (Phi) is 2.97. The molecule has 0 heterocycles. The zero-order valence-electron chi connectivity index (χ0n) is 7.11. The van der Waals surface area contributed by atoms with Gasteiger partial charge in [-0.15, -0.1) is 6.42 Å². The largest absolute Gasteiger partial charge is 0.259 e. The zero-order valence-corrected chi connectivity index (χ0v) is 7.11. The Bertz CT molecular complexity index is 432. The molecule has 0 spiro atoms. The highest BCUT2D eigenvalue weighted by molar-refractivity contribution is 5.58. The number of rotatable bonds is 2. The lowest BCUT2D eigenvalue weighted by molar-refractivity contribution is -0.400. The van der Waals surface area contributed by atoms with Crippen LogP contribution in [0.25, 0.3) is 6.08 Å². The van der Waals surface area contributed by atoms with Crippen LogP contribution in [0, 0.1) is 28.3 Å². The fraction of sp³-hybridized carbons (Fsp3) is 0. The van der Waals surface area contributed by atoms with Crippen molar-refractivity contribution in [2.45, 2.75) is 0 Å². The number of nitro groups is 1. The van der Waals surface area contributed by atoms with Gasteiger partial charge < -0.3 is 0 Å². The molecule has 0 amide bonds. The number of terminal acetylenes is 1. The second-order valence-electron chi connectivity index (χ2n) is 2.48. The standard InChI is InChI=1S/C10H6FNO2/c1-2-8-3-4-10(11)7-9(8)5-6-12(13)14/h1,3-7H/b6-5+. The minimum Gasteiger partial charge on any atom is -0.259 e. The molecule has 4 heteroatoms. The number of benzene rings is 1. The van der Waals surface area contributed by atoms with E-state index in [4.69, 9.17) is 6.42 Å². The molecule has 3 nitrogen and oxygen atoms in total. The zero-order chi connectivity index (χ0) is 10.6. The summed E-state index contributed by atoms with van der Waals surface area (Å²) in [7, 11) is 0. The van der Waals surface area contributed by atoms with E-state index in [1.165, 1.54) is 12.1 Å². The number of hydrogen-bond donors (Lipinski definition) is 0. The molecule has 0 saturated heterocycles. The van der Waals surface area contributed by atoms with Crippen molar-refractivity contribution >= 4 is 6.08 Å². The van der Waals surface area contributed by atoms with Crippen molar-refractivity contribution in [3.05, 3.63) is 51.5 Å². The first-order valence-corrected chi connectivity index (χ1v) is 3.71. The predicted molar refractivity (Wildman–Crippen MR) is 50.4 cm³/mol. The van der Waals surface area contributed by atoms with Crippen LogP contribution >= 0.6 is 0 Å². The maximum Gasteiger partial charge on any atom is 0.235 e. The Morgan fingerprint density at radius 2 is 2.29 bits per heavy atom. The Morgan fingerprint density at radius 3 is 2.86 bits per heavy atom. The average Bonchev–Trinajstić information content (AvgIpc) is 2.15. The smallest absolute Gasteiger partial charge is 0.235 e. The van der Waals surface area contributed by atoms with Gasteiger partial charge in [0.25, 0.3) is 0 Å². The van der Waals surface area contributed by atoms with Crippen LogP contribution in [0.4, 0.5) is 4.39 Å². The van der Waals surface area contributed by atoms with Gasteiger partial charge in [0, 0.05) is 11.6 Å². The molecule has 0 radical (unpaired) electrons. The van der Waals surface area contributed by atoms with Gasteiger partial charge in [0.05, 0.1) is 4.92 Å². The normalized spacial score (nSPS) is 10.0. The molecule has 0 aliphatic rings. The van der Waals surface area contributed by atoms with E-state index < -0.39 is 10.7 Å². The molecule has 1 rings (SSSR count). The van der Waals surface area contributed by atoms with E-state index in [1.807, 2.05) is 0 Å². The third-order valence-corrected chi connectivity index (χ3v) is 1.54. The summed E-state index contributed by atoms with van der Waals surface area (Å²) in [4.78, 5) is 9.40. The molecule has 0 saturated carbocycles. The first-order chi connectivity index (χ1) is 6.63. The Labute approximate surface area is 80.0 Å². The van der Waals surface area contributed by atoms with Gasteiger partial charge in [0.1, 0.15) is 5.82 Å². The number of halogens is 1. The van der Waals surface area contributed by atoms with Crippen LogP contribution in [0.1, 0.15) is 11.1 Å². The van der Waals surface area contributed by atoms with Gasteiger partial charge in [-0.1, -0.05) is 5.92 Å². The van der Waals surface area contributed by atoms with Crippen molar-refractivity contribution in [2.75, 3.05) is 0 Å². The van der Waals surface area contributed by atoms with Crippen LogP contribution in [0.3, 0.4) is 0 Å². The highest BCUT2D eigenvalue weighted by atomic mass is 19.1. The van der Waals surface area contributed by atoms with Gasteiger partial charge >= 0.3 is 0 Å². The van der Waals surface area contributed by atoms with Crippen molar-refractivity contribution in [1.29, 1.82) is 0 Å². The van der Waals surface area contributed by atoms with E-state index in [0.717, 1.165) is 18.3 Å². The summed E-state index contributed by atoms with van der Waals surface area (Å²) in [5.74, 6) is 1.83. The Hall–Kier alpha value is -2.15. The highest BCUT2D eigenvalue weighted by Crippen LogP contribution is 2.11. The molecule has 0 bridgehead atoms. The predicted octanol–water partition coefficient (Wildman–Crippen LogP) is 2.05. The van der Waals surface area contributed by atoms with Crippen molar-refractivity contribution in [1.82, 2.24) is 0 Å². The van der Waals surface area contributed by atoms with Crippen molar-refractivity contribution in [3.8, 4) is 12.3 Å². The summed E-state index contributed by atoms with van der Waals surface area (Å²) in [5, 5.41) is 10.0. The third-order valence-electron chi connectivity index (χ3n) is 1.54. The summed E-state index contributed by atoms with van der Waals surface area (Å²) in [5.41, 5.74) is 0.744. The summed E-state index contributed by atoms with van der Waals surface area (Å²) < 4.78 is 12.7. The van der Waals surface area contributed by atoms with Gasteiger partial charge in [-0.2, -0.15) is 0 Å². The van der Waals surface area contributed by atoms with Gasteiger partial charge in [-0.25, -0.2) is 4.39 Å². The molecule has 0 unspecified atom stereocenters. The van der Waals surface area contributed by atoms with Crippen LogP contribution < -0.4 is 0 Å². The fourth-order valence-electron chi connectivity index (χ4n) is 0.944. The van der Waals surface area contributed by atoms with E-state index in [-0.39, 0.29) is 0 Å². The molecule has 14 heavy (non-hydrogen) atoms. The van der Waals surface area contributed by atoms with Crippen LogP contribution in [0.2, 0.25) is 0 Å².